The van der Waals surface area contributed by atoms with Gasteiger partial charge in [0.05, 0.1) is 19.8 Å². The summed E-state index contributed by atoms with van der Waals surface area (Å²) < 4.78 is 203. The van der Waals surface area contributed by atoms with Gasteiger partial charge in [-0.05, 0) is 0 Å². The van der Waals surface area contributed by atoms with Crippen LogP contribution in [0.25, 0.3) is 0 Å². The zero-order chi connectivity index (χ0) is 64.8. The number of aliphatic carboxylic acids is 3. The molecule has 0 amide bonds. The van der Waals surface area contributed by atoms with Crippen molar-refractivity contribution in [3.8, 4) is 0 Å². The Bertz CT molecular complexity index is 2810. The van der Waals surface area contributed by atoms with Gasteiger partial charge in [0.15, 0.2) is 62.2 Å². The molecular formula is C36H59N3O43S4. The molecule has 0 saturated carbocycles. The highest BCUT2D eigenvalue weighted by Crippen LogP contribution is 2.38. The van der Waals surface area contributed by atoms with Crippen LogP contribution in [0.1, 0.15) is 0 Å². The highest BCUT2D eigenvalue weighted by Gasteiger charge is 2.61. The third-order valence-electron chi connectivity index (χ3n) is 13.5. The van der Waals surface area contributed by atoms with E-state index in [9.17, 15) is 148 Å². The van der Waals surface area contributed by atoms with E-state index in [0.717, 1.165) is 0 Å². The lowest BCUT2D eigenvalue weighted by molar-refractivity contribution is -0.377. The van der Waals surface area contributed by atoms with Crippen molar-refractivity contribution in [2.24, 2.45) is 0 Å². The Morgan fingerprint density at radius 2 is 0.674 bits per heavy atom. The van der Waals surface area contributed by atoms with E-state index in [1.807, 2.05) is 0 Å². The number of nitrogens with one attached hydrogen (secondary N) is 3. The molecule has 6 heterocycles. The predicted octanol–water partition coefficient (Wildman–Crippen LogP) is -15.8. The van der Waals surface area contributed by atoms with Crippen molar-refractivity contribution in [1.82, 2.24) is 14.2 Å². The summed E-state index contributed by atoms with van der Waals surface area (Å²) in [6.07, 6.45) is -69.1. The Morgan fingerprint density at radius 3 is 1.05 bits per heavy atom. The van der Waals surface area contributed by atoms with Crippen LogP contribution in [-0.2, 0) is 112 Å². The molecule has 0 aromatic carbocycles. The summed E-state index contributed by atoms with van der Waals surface area (Å²) in [6, 6.07) is -7.60. The molecule has 500 valence electrons. The van der Waals surface area contributed by atoms with E-state index in [0.29, 0.717) is 0 Å². The summed E-state index contributed by atoms with van der Waals surface area (Å²) in [5.41, 5.74) is 0. The van der Waals surface area contributed by atoms with Crippen LogP contribution in [0.5, 0.6) is 0 Å². The van der Waals surface area contributed by atoms with E-state index in [2.05, 4.69) is 4.18 Å². The molecule has 86 heavy (non-hydrogen) atoms. The molecule has 6 aliphatic rings. The first kappa shape index (κ1) is 72.0. The number of carbonyl (C=O) groups is 3. The lowest BCUT2D eigenvalue weighted by Crippen LogP contribution is -2.71. The minimum absolute atomic E-state index is 1.14. The lowest BCUT2D eigenvalue weighted by atomic mass is 9.94. The maximum absolute atomic E-state index is 12.9. The molecule has 50 heteroatoms. The molecule has 6 aliphatic heterocycles. The lowest BCUT2D eigenvalue weighted by Gasteiger charge is -2.50. The number of rotatable bonds is 24. The van der Waals surface area contributed by atoms with Gasteiger partial charge in [-0.2, -0.15) is 47.8 Å². The zero-order valence-electron chi connectivity index (χ0n) is 42.4. The number of hydrogen-bond acceptors (Lipinski definition) is 36. The number of ether oxygens (including phenoxy) is 11. The first-order valence-electron chi connectivity index (χ1n) is 24.0. The number of carboxylic acid groups (broad SMARTS) is 3. The number of carboxylic acids is 3. The van der Waals surface area contributed by atoms with Crippen molar-refractivity contribution >= 4 is 59.2 Å². The minimum Gasteiger partial charge on any atom is -0.479 e. The standard InChI is InChI=1S/C36H59N3O43S4/c40-1-4-10(43)11(44)7(37-83(59,60)61)32(71-4)78-22-15(48)17(50)35(80-26(22)29(54)55)75-19-5(2-41)72-34(8(12(19)45)38-84(62,63)64)79-23-18(51)24(82-86(68,69)70)36(81-27(23)30(56)57)76-20-6(3-42)73-33(9(13(20)46)39-85(65,66)67)77-21-14(47)16(49)31(58)74-25(21)28(52)53/h4-27,31-51,58H,1-3H2,(H,52,53)(H,54,55)(H,56,57)(H,59,60,61)(H,62,63,64)(H,65,66,67)(H,68,69,70)/t4-,5-,6-,7-,8-,9-,10-,11-,12-,13-,14-,15-,16-,17-,18+,19-,20-,21+,22+,23+,24-,25+,26+,27-,31-,32-,33-,34-,35-,36-/m1/s1. The van der Waals surface area contributed by atoms with Crippen LogP contribution < -0.4 is 14.2 Å². The van der Waals surface area contributed by atoms with E-state index in [-0.39, 0.29) is 0 Å². The van der Waals surface area contributed by atoms with Crippen LogP contribution >= 0.6 is 0 Å². The number of aliphatic hydroxyl groups is 13. The molecule has 0 unspecified atom stereocenters. The van der Waals surface area contributed by atoms with Crippen LogP contribution in [0.3, 0.4) is 0 Å². The molecule has 0 bridgehead atoms. The van der Waals surface area contributed by atoms with Crippen LogP contribution in [-0.4, -0.2) is 355 Å². The highest BCUT2D eigenvalue weighted by molar-refractivity contribution is 7.84. The van der Waals surface area contributed by atoms with Crippen molar-refractivity contribution in [2.45, 2.75) is 184 Å². The fourth-order valence-corrected chi connectivity index (χ4v) is 11.9. The summed E-state index contributed by atoms with van der Waals surface area (Å²) in [4.78, 5) is 37.5. The Hall–Kier alpha value is -3.07. The van der Waals surface area contributed by atoms with Gasteiger partial charge in [0.2, 0.25) is 0 Å². The van der Waals surface area contributed by atoms with Gasteiger partial charge in [0.1, 0.15) is 122 Å². The molecular weight excluding hydrogens is 1290 g/mol. The second kappa shape index (κ2) is 28.2. The highest BCUT2D eigenvalue weighted by atomic mass is 32.3. The maximum Gasteiger partial charge on any atom is 0.397 e. The fourth-order valence-electron chi connectivity index (χ4n) is 9.60. The van der Waals surface area contributed by atoms with E-state index >= 15 is 0 Å². The molecule has 0 aliphatic carbocycles. The van der Waals surface area contributed by atoms with Gasteiger partial charge in [0.25, 0.3) is 0 Å². The second-order valence-electron chi connectivity index (χ2n) is 19.3. The molecule has 30 atom stereocenters. The molecule has 23 N–H and O–H groups in total. The van der Waals surface area contributed by atoms with E-state index < -0.39 is 263 Å². The van der Waals surface area contributed by atoms with Crippen molar-refractivity contribution in [2.75, 3.05) is 19.8 Å². The van der Waals surface area contributed by atoms with Crippen LogP contribution in [0.15, 0.2) is 0 Å². The predicted molar refractivity (Wildman–Crippen MR) is 249 cm³/mol. The van der Waals surface area contributed by atoms with Crippen molar-refractivity contribution in [1.29, 1.82) is 0 Å². The smallest absolute Gasteiger partial charge is 0.397 e. The molecule has 6 rings (SSSR count). The average Bonchev–Trinajstić information content (AvgIpc) is 0.872. The summed E-state index contributed by atoms with van der Waals surface area (Å²) in [7, 11) is -22.7. The largest absolute Gasteiger partial charge is 0.479 e. The van der Waals surface area contributed by atoms with E-state index in [4.69, 9.17) is 52.1 Å². The second-order valence-corrected chi connectivity index (χ2v) is 23.9. The summed E-state index contributed by atoms with van der Waals surface area (Å²) in [5.74, 6) is -6.48. The van der Waals surface area contributed by atoms with Crippen LogP contribution in [0.2, 0.25) is 0 Å². The summed E-state index contributed by atoms with van der Waals surface area (Å²) >= 11 is 0. The quantitative estimate of drug-likeness (QED) is 0.0399. The van der Waals surface area contributed by atoms with Gasteiger partial charge >= 0.3 is 59.2 Å². The van der Waals surface area contributed by atoms with Gasteiger partial charge in [-0.15, -0.1) is 0 Å². The third kappa shape index (κ3) is 16.9. The van der Waals surface area contributed by atoms with Gasteiger partial charge in [-0.25, -0.2) is 18.6 Å². The summed E-state index contributed by atoms with van der Waals surface area (Å²) in [6.45, 7) is -4.10. The topological polar surface area (TPSA) is 739 Å². The van der Waals surface area contributed by atoms with Crippen molar-refractivity contribution in [3.05, 3.63) is 0 Å². The Morgan fingerprint density at radius 1 is 0.349 bits per heavy atom. The van der Waals surface area contributed by atoms with Gasteiger partial charge in [-0.1, -0.05) is 0 Å². The maximum atomic E-state index is 12.9. The SMILES string of the molecule is O=C(O)[C@H]1O[C@@H](O)[C@H](O)[C@@H](O)[C@@H]1O[C@H]1O[C@H](CO)[C@@H](O[C@@H]2O[C@@H](C(=O)O)[C@@H](O[C@H]3O[C@H](CO)[C@@H](O[C@@H]4O[C@H](C(=O)O)[C@@H](O[C@H]5O[C@H](CO)[C@@H](O)[C@H](O)[C@H]5NS(=O)(=O)O)[C@H](O)[C@H]4O)[C@H](O)[C@H]3NS(=O)(=O)O)[C@H](O)[C@H]2OS(=O)(=O)O)[C@H](O)[C@H]1NS(=O)(=O)O. The van der Waals surface area contributed by atoms with Crippen LogP contribution in [0, 0.1) is 0 Å². The number of aliphatic hydroxyl groups excluding tert-OH is 13. The van der Waals surface area contributed by atoms with Crippen LogP contribution in [0.4, 0.5) is 0 Å². The van der Waals surface area contributed by atoms with Gasteiger partial charge in [-0.3, -0.25) is 18.2 Å². The average molecular weight is 1350 g/mol. The van der Waals surface area contributed by atoms with Gasteiger partial charge in [0, 0.05) is 0 Å². The molecule has 0 aromatic heterocycles. The first-order chi connectivity index (χ1) is 39.6. The Balaban J connectivity index is 1.27. The first-order valence-corrected chi connectivity index (χ1v) is 29.7. The molecule has 46 nitrogen and oxygen atoms in total. The van der Waals surface area contributed by atoms with Crippen molar-refractivity contribution < 1.29 is 204 Å². The minimum atomic E-state index is -6.01. The fraction of sp³-hybridized carbons (Fsp3) is 0.917. The number of hydrogen-bond donors (Lipinski definition) is 23. The molecule has 0 aromatic rings. The monoisotopic (exact) mass is 1350 g/mol. The van der Waals surface area contributed by atoms with Crippen molar-refractivity contribution in [3.63, 3.8) is 0 Å². The van der Waals surface area contributed by atoms with E-state index in [1.54, 1.807) is 0 Å². The normalized spacial score (nSPS) is 44.8. The zero-order valence-corrected chi connectivity index (χ0v) is 45.7. The molecule has 6 fully saturated rings. The van der Waals surface area contributed by atoms with Gasteiger partial charge < -0.3 is 134 Å². The Kier molecular flexibility index (Phi) is 23.6. The molecule has 6 saturated heterocycles. The summed E-state index contributed by atoms with van der Waals surface area (Å²) in [5, 5.41) is 169. The van der Waals surface area contributed by atoms with E-state index in [1.165, 1.54) is 14.2 Å². The molecule has 0 radical (unpaired) electrons. The molecule has 0 spiro atoms. The Labute approximate surface area is 480 Å². The third-order valence-corrected chi connectivity index (χ3v) is 15.7.